The van der Waals surface area contributed by atoms with Crippen molar-refractivity contribution >= 4 is 52.3 Å². The van der Waals surface area contributed by atoms with E-state index in [0.29, 0.717) is 45.6 Å². The highest BCUT2D eigenvalue weighted by Crippen LogP contribution is 2.32. The molecule has 3 heterocycles. The molecule has 9 nitrogen and oxygen atoms in total. The minimum atomic E-state index is 0.0192. The molecule has 0 fully saturated rings. The molecule has 0 saturated carbocycles. The Morgan fingerprint density at radius 2 is 1.97 bits per heavy atom. The van der Waals surface area contributed by atoms with E-state index in [2.05, 4.69) is 15.1 Å². The number of hydrogen-bond donors (Lipinski definition) is 1. The van der Waals surface area contributed by atoms with Gasteiger partial charge in [-0.3, -0.25) is 14.4 Å². The van der Waals surface area contributed by atoms with Crippen LogP contribution in [-0.4, -0.2) is 39.5 Å². The Morgan fingerprint density at radius 3 is 2.62 bits per heavy atom. The minimum absolute atomic E-state index is 0.0192. The summed E-state index contributed by atoms with van der Waals surface area (Å²) in [7, 11) is 0. The molecule has 0 atom stereocenters. The monoisotopic (exact) mass is 402 g/mol. The predicted octanol–water partition coefficient (Wildman–Crippen LogP) is 2.28. The van der Waals surface area contributed by atoms with E-state index in [1.54, 1.807) is 30.3 Å². The maximum Gasteiger partial charge on any atom is 0.183 e. The molecule has 0 amide bonds. The van der Waals surface area contributed by atoms with Crippen LogP contribution in [0.5, 0.6) is 0 Å². The maximum atomic E-state index is 11.6. The first kappa shape index (κ1) is 18.1. The summed E-state index contributed by atoms with van der Waals surface area (Å²) in [4.78, 5) is 43.1. The summed E-state index contributed by atoms with van der Waals surface area (Å²) >= 11 is 1.13. The number of fused-ring (bicyclic) bond motifs is 1. The van der Waals surface area contributed by atoms with Crippen LogP contribution in [0, 0.1) is 11.3 Å². The molecular formula is C19H10N6O3S. The number of rotatable bonds is 5. The molecule has 2 aromatic heterocycles. The number of nitrogens with zero attached hydrogens (tertiary/aromatic N) is 5. The molecular weight excluding hydrogens is 392 g/mol. The van der Waals surface area contributed by atoms with Gasteiger partial charge >= 0.3 is 0 Å². The van der Waals surface area contributed by atoms with Crippen LogP contribution in [0.2, 0.25) is 0 Å². The lowest BCUT2D eigenvalue weighted by Gasteiger charge is -2.03. The van der Waals surface area contributed by atoms with E-state index >= 15 is 0 Å². The van der Waals surface area contributed by atoms with Crippen molar-refractivity contribution in [1.29, 1.82) is 5.26 Å². The fourth-order valence-corrected chi connectivity index (χ4v) is 3.55. The third-order valence-electron chi connectivity index (χ3n) is 4.16. The fourth-order valence-electron chi connectivity index (χ4n) is 2.85. The zero-order valence-electron chi connectivity index (χ0n) is 14.6. The molecule has 29 heavy (non-hydrogen) atoms. The molecule has 0 aliphatic carbocycles. The number of aldehydes is 3. The van der Waals surface area contributed by atoms with Crippen LogP contribution in [0.1, 0.15) is 25.9 Å². The summed E-state index contributed by atoms with van der Waals surface area (Å²) in [5.41, 5.74) is 7.01. The van der Waals surface area contributed by atoms with Crippen LogP contribution < -0.4 is 5.73 Å². The summed E-state index contributed by atoms with van der Waals surface area (Å²) in [5, 5.41) is 14.3. The van der Waals surface area contributed by atoms with Gasteiger partial charge in [0.15, 0.2) is 36.3 Å². The standard InChI is InChI=1S/C19H10N6O3S/c20-6-14-15(9-28)19-23-17(13-5-11(21)2-1-10(13)7-26)24-25(19)18(14)22-16-4-3-12(8-27)29-16/h1-5,7-9H,21H2. The number of benzene rings is 1. The number of nitrogen functional groups attached to an aromatic ring is 1. The third-order valence-corrected chi connectivity index (χ3v) is 5.07. The number of aromatic nitrogens is 3. The number of carbonyl (C=O) groups is 3. The van der Waals surface area contributed by atoms with Gasteiger partial charge in [-0.2, -0.15) is 9.94 Å². The zero-order chi connectivity index (χ0) is 20.5. The molecule has 2 N–H and O–H groups in total. The molecule has 0 spiro atoms. The Bertz CT molecular complexity index is 1290. The Balaban J connectivity index is 1.92. The lowest BCUT2D eigenvalue weighted by atomic mass is 10.1. The number of anilines is 1. The lowest BCUT2D eigenvalue weighted by molar-refractivity contribution is -0.103. The van der Waals surface area contributed by atoms with Gasteiger partial charge in [0, 0.05) is 16.8 Å². The molecule has 0 bridgehead atoms. The molecule has 1 aromatic carbocycles. The van der Waals surface area contributed by atoms with E-state index in [9.17, 15) is 19.6 Å². The van der Waals surface area contributed by atoms with Crippen LogP contribution in [0.15, 0.2) is 40.9 Å². The van der Waals surface area contributed by atoms with Gasteiger partial charge in [-0.25, -0.2) is 9.98 Å². The summed E-state index contributed by atoms with van der Waals surface area (Å²) in [6, 6.07) is 9.85. The van der Waals surface area contributed by atoms with E-state index in [4.69, 9.17) is 5.73 Å². The molecule has 3 aromatic rings. The van der Waals surface area contributed by atoms with Crippen molar-refractivity contribution in [2.75, 3.05) is 5.73 Å². The molecule has 0 radical (unpaired) electrons. The largest absolute Gasteiger partial charge is 0.399 e. The summed E-state index contributed by atoms with van der Waals surface area (Å²) < 4.78 is 1.27. The Kier molecular flexibility index (Phi) is 4.42. The fraction of sp³-hybridized carbons (Fsp3) is 0. The Morgan fingerprint density at radius 1 is 1.14 bits per heavy atom. The smallest absolute Gasteiger partial charge is 0.183 e. The number of hydrogen-bond acceptors (Lipinski definition) is 9. The molecule has 140 valence electrons. The van der Waals surface area contributed by atoms with Crippen molar-refractivity contribution in [2.24, 2.45) is 4.99 Å². The molecule has 0 saturated heterocycles. The summed E-state index contributed by atoms with van der Waals surface area (Å²) in [6.07, 6.45) is 1.86. The molecule has 10 heteroatoms. The first-order valence-electron chi connectivity index (χ1n) is 8.16. The van der Waals surface area contributed by atoms with Gasteiger partial charge in [-0.15, -0.1) is 16.4 Å². The topological polar surface area (TPSA) is 144 Å². The second kappa shape index (κ2) is 7.06. The van der Waals surface area contributed by atoms with Gasteiger partial charge in [0.1, 0.15) is 16.6 Å². The van der Waals surface area contributed by atoms with Crippen molar-refractivity contribution in [3.63, 3.8) is 0 Å². The van der Waals surface area contributed by atoms with Crippen molar-refractivity contribution in [3.8, 4) is 17.5 Å². The van der Waals surface area contributed by atoms with Crippen LogP contribution in [-0.2, 0) is 4.79 Å². The zero-order valence-corrected chi connectivity index (χ0v) is 15.4. The van der Waals surface area contributed by atoms with Crippen molar-refractivity contribution in [1.82, 2.24) is 14.8 Å². The van der Waals surface area contributed by atoms with Crippen LogP contribution >= 0.6 is 11.3 Å². The van der Waals surface area contributed by atoms with E-state index in [1.807, 2.05) is 6.07 Å². The highest BCUT2D eigenvalue weighted by atomic mass is 32.1. The molecule has 0 unspecified atom stereocenters. The average Bonchev–Trinajstić information content (AvgIpc) is 3.42. The SMILES string of the molecule is N#CC1=C(C=O)c2nc(-c3cc(N)ccc3C=O)nn2C1=Nc1ccc(C=O)s1. The summed E-state index contributed by atoms with van der Waals surface area (Å²) in [5.74, 6) is 0.411. The number of nitrogens with two attached hydrogens (primary N) is 1. The van der Waals surface area contributed by atoms with E-state index in [-0.39, 0.29) is 28.6 Å². The van der Waals surface area contributed by atoms with Gasteiger partial charge in [-0.1, -0.05) is 0 Å². The maximum absolute atomic E-state index is 11.6. The van der Waals surface area contributed by atoms with Crippen LogP contribution in [0.4, 0.5) is 10.7 Å². The Labute approximate surface area is 167 Å². The van der Waals surface area contributed by atoms with Gasteiger partial charge in [0.2, 0.25) is 0 Å². The van der Waals surface area contributed by atoms with Crippen molar-refractivity contribution in [2.45, 2.75) is 0 Å². The van der Waals surface area contributed by atoms with Crippen molar-refractivity contribution in [3.05, 3.63) is 52.2 Å². The highest BCUT2D eigenvalue weighted by molar-refractivity contribution is 7.17. The molecule has 1 aliphatic heterocycles. The summed E-state index contributed by atoms with van der Waals surface area (Å²) in [6.45, 7) is 0. The molecule has 1 aliphatic rings. The van der Waals surface area contributed by atoms with Gasteiger partial charge in [-0.05, 0) is 30.3 Å². The second-order valence-electron chi connectivity index (χ2n) is 5.88. The average molecular weight is 402 g/mol. The number of carbonyl (C=O) groups excluding carboxylic acids is 3. The number of nitriles is 1. The van der Waals surface area contributed by atoms with Crippen LogP contribution in [0.25, 0.3) is 17.0 Å². The highest BCUT2D eigenvalue weighted by Gasteiger charge is 2.32. The van der Waals surface area contributed by atoms with E-state index < -0.39 is 0 Å². The first-order chi connectivity index (χ1) is 14.1. The Hall–Kier alpha value is -4.23. The number of thiophene rings is 1. The normalized spacial score (nSPS) is 14.0. The van der Waals surface area contributed by atoms with E-state index in [1.165, 1.54) is 4.68 Å². The number of allylic oxidation sites excluding steroid dienone is 2. The first-order valence-corrected chi connectivity index (χ1v) is 8.97. The number of aliphatic imine (C=N–C) groups is 1. The van der Waals surface area contributed by atoms with Crippen molar-refractivity contribution < 1.29 is 14.4 Å². The van der Waals surface area contributed by atoms with Gasteiger partial charge in [0.25, 0.3) is 0 Å². The van der Waals surface area contributed by atoms with Gasteiger partial charge in [0.05, 0.1) is 10.5 Å². The van der Waals surface area contributed by atoms with Gasteiger partial charge < -0.3 is 5.73 Å². The minimum Gasteiger partial charge on any atom is -0.399 e. The van der Waals surface area contributed by atoms with E-state index in [0.717, 1.165) is 11.3 Å². The van der Waals surface area contributed by atoms with Crippen LogP contribution in [0.3, 0.4) is 0 Å². The quantitative estimate of drug-likeness (QED) is 0.509. The molecule has 4 rings (SSSR count). The lowest BCUT2D eigenvalue weighted by Crippen LogP contribution is -2.11. The predicted molar refractivity (Wildman–Crippen MR) is 106 cm³/mol. The third kappa shape index (κ3) is 2.95. The second-order valence-corrected chi connectivity index (χ2v) is 6.98.